The van der Waals surface area contributed by atoms with Crippen LogP contribution in [0.4, 0.5) is 0 Å². The average molecular weight is 1540 g/mol. The molecule has 0 saturated carbocycles. The molecule has 3 N–H and O–H groups in total. The van der Waals surface area contributed by atoms with Crippen molar-refractivity contribution in [3.8, 4) is 0 Å². The van der Waals surface area contributed by atoms with Crippen molar-refractivity contribution in [1.82, 2.24) is 0 Å². The number of carbonyl (C=O) groups excluding carboxylic acids is 4. The van der Waals surface area contributed by atoms with Gasteiger partial charge in [0, 0.05) is 25.7 Å². The predicted octanol–water partition coefficient (Wildman–Crippen LogP) is 26.5. The number of phosphoric acid groups is 2. The first-order valence-corrected chi connectivity index (χ1v) is 47.8. The summed E-state index contributed by atoms with van der Waals surface area (Å²) in [6.45, 7) is 5.04. The molecular weight excluding hydrogens is 1370 g/mol. The first-order valence-electron chi connectivity index (χ1n) is 44.8. The van der Waals surface area contributed by atoms with Gasteiger partial charge in [-0.3, -0.25) is 37.3 Å². The second kappa shape index (κ2) is 80.1. The van der Waals surface area contributed by atoms with Crippen molar-refractivity contribution in [2.45, 2.75) is 489 Å². The Morgan fingerprint density at radius 3 is 0.562 bits per heavy atom. The van der Waals surface area contributed by atoms with Gasteiger partial charge >= 0.3 is 39.5 Å². The fourth-order valence-corrected chi connectivity index (χ4v) is 15.1. The molecule has 0 rings (SSSR count). The monoisotopic (exact) mass is 1540 g/mol. The van der Waals surface area contributed by atoms with Crippen molar-refractivity contribution in [3.05, 3.63) is 0 Å². The Balaban J connectivity index is 5.18. The van der Waals surface area contributed by atoms with Crippen LogP contribution in [0.2, 0.25) is 0 Å². The molecule has 17 nitrogen and oxygen atoms in total. The molecule has 0 heterocycles. The van der Waals surface area contributed by atoms with Crippen molar-refractivity contribution in [1.29, 1.82) is 0 Å². The Kier molecular flexibility index (Phi) is 78.6. The van der Waals surface area contributed by atoms with E-state index in [-0.39, 0.29) is 25.7 Å². The average Bonchev–Trinajstić information content (AvgIpc) is 0.907. The number of esters is 4. The zero-order valence-corrected chi connectivity index (χ0v) is 70.5. The molecule has 624 valence electrons. The van der Waals surface area contributed by atoms with Crippen LogP contribution in [0.3, 0.4) is 0 Å². The van der Waals surface area contributed by atoms with Crippen molar-refractivity contribution >= 4 is 39.5 Å². The van der Waals surface area contributed by atoms with E-state index in [2.05, 4.69) is 27.7 Å². The number of ether oxygens (including phenoxy) is 4. The summed E-state index contributed by atoms with van der Waals surface area (Å²) in [7, 11) is -9.92. The van der Waals surface area contributed by atoms with E-state index in [1.54, 1.807) is 0 Å². The number of rotatable bonds is 87. The van der Waals surface area contributed by atoms with Gasteiger partial charge in [0.15, 0.2) is 12.2 Å². The Morgan fingerprint density at radius 1 is 0.229 bits per heavy atom. The summed E-state index contributed by atoms with van der Waals surface area (Å²) in [4.78, 5) is 73.1. The van der Waals surface area contributed by atoms with Crippen LogP contribution in [0.15, 0.2) is 0 Å². The minimum Gasteiger partial charge on any atom is -0.462 e. The number of hydrogen-bond acceptors (Lipinski definition) is 15. The van der Waals surface area contributed by atoms with Gasteiger partial charge in [0.25, 0.3) is 0 Å². The SMILES string of the molecule is CCCCCCCCCCCCCCCCCCCCCCCCC(=O)O[C@H](COC(=O)CCCCCCCCCCCCCCCCCCCCCCC)COP(=O)(O)OC[C@@H](O)COP(=O)(O)OC[C@@H](COC(=O)CCCCCCCCCCCC)OC(=O)CCCCCCCCCCCCCC. The van der Waals surface area contributed by atoms with Crippen LogP contribution in [0.5, 0.6) is 0 Å². The Morgan fingerprint density at radius 2 is 0.381 bits per heavy atom. The maximum absolute atomic E-state index is 13.1. The number of phosphoric ester groups is 2. The Hall–Kier alpha value is -1.94. The summed E-state index contributed by atoms with van der Waals surface area (Å²) in [6.07, 6.45) is 75.2. The molecule has 0 bridgehead atoms. The Bertz CT molecular complexity index is 1980. The van der Waals surface area contributed by atoms with E-state index in [1.807, 2.05) is 0 Å². The third-order valence-corrected chi connectivity index (χ3v) is 22.3. The lowest BCUT2D eigenvalue weighted by atomic mass is 10.0. The molecule has 5 atom stereocenters. The van der Waals surface area contributed by atoms with E-state index < -0.39 is 97.5 Å². The molecule has 2 unspecified atom stereocenters. The number of unbranched alkanes of at least 4 members (excludes halogenated alkanes) is 61. The molecular formula is C86H168O17P2. The maximum Gasteiger partial charge on any atom is 0.472 e. The predicted molar refractivity (Wildman–Crippen MR) is 432 cm³/mol. The van der Waals surface area contributed by atoms with Crippen LogP contribution in [-0.2, 0) is 65.4 Å². The summed E-state index contributed by atoms with van der Waals surface area (Å²) in [5, 5.41) is 10.7. The van der Waals surface area contributed by atoms with Crippen molar-refractivity contribution in [2.75, 3.05) is 39.6 Å². The molecule has 0 aliphatic rings. The minimum atomic E-state index is -4.96. The van der Waals surface area contributed by atoms with Crippen LogP contribution in [0, 0.1) is 0 Å². The van der Waals surface area contributed by atoms with Crippen LogP contribution in [-0.4, -0.2) is 96.7 Å². The van der Waals surface area contributed by atoms with Gasteiger partial charge in [0.05, 0.1) is 26.4 Å². The first-order chi connectivity index (χ1) is 51.2. The zero-order valence-electron chi connectivity index (χ0n) is 68.7. The van der Waals surface area contributed by atoms with E-state index in [9.17, 15) is 43.2 Å². The molecule has 0 fully saturated rings. The summed E-state index contributed by atoms with van der Waals surface area (Å²) in [5.74, 6) is -2.10. The zero-order chi connectivity index (χ0) is 76.7. The number of aliphatic hydroxyl groups is 1. The molecule has 0 radical (unpaired) electrons. The second-order valence-electron chi connectivity index (χ2n) is 30.9. The number of hydrogen-bond donors (Lipinski definition) is 3. The quantitative estimate of drug-likeness (QED) is 0.0222. The second-order valence-corrected chi connectivity index (χ2v) is 33.8. The number of carbonyl (C=O) groups is 4. The van der Waals surface area contributed by atoms with Crippen molar-refractivity contribution in [2.24, 2.45) is 0 Å². The fourth-order valence-electron chi connectivity index (χ4n) is 13.5. The summed E-state index contributed by atoms with van der Waals surface area (Å²) in [6, 6.07) is 0. The fraction of sp³-hybridized carbons (Fsp3) is 0.953. The smallest absolute Gasteiger partial charge is 0.462 e. The van der Waals surface area contributed by atoms with E-state index >= 15 is 0 Å². The highest BCUT2D eigenvalue weighted by molar-refractivity contribution is 7.47. The topological polar surface area (TPSA) is 237 Å². The highest BCUT2D eigenvalue weighted by Gasteiger charge is 2.30. The lowest BCUT2D eigenvalue weighted by Crippen LogP contribution is -2.30. The minimum absolute atomic E-state index is 0.108. The first kappa shape index (κ1) is 103. The summed E-state index contributed by atoms with van der Waals surface area (Å²) < 4.78 is 68.8. The molecule has 0 saturated heterocycles. The van der Waals surface area contributed by atoms with Crippen molar-refractivity contribution in [3.63, 3.8) is 0 Å². The maximum atomic E-state index is 13.1. The number of aliphatic hydroxyl groups excluding tert-OH is 1. The van der Waals surface area contributed by atoms with Gasteiger partial charge < -0.3 is 33.8 Å². The van der Waals surface area contributed by atoms with Gasteiger partial charge in [-0.1, -0.05) is 419 Å². The third kappa shape index (κ3) is 79.9. The van der Waals surface area contributed by atoms with Crippen LogP contribution in [0.1, 0.15) is 471 Å². The van der Waals surface area contributed by atoms with Gasteiger partial charge in [-0.05, 0) is 25.7 Å². The normalized spacial score (nSPS) is 13.7. The van der Waals surface area contributed by atoms with Crippen LogP contribution in [0.25, 0.3) is 0 Å². The van der Waals surface area contributed by atoms with Crippen LogP contribution >= 0.6 is 15.6 Å². The highest BCUT2D eigenvalue weighted by atomic mass is 31.2. The Labute approximate surface area is 645 Å². The van der Waals surface area contributed by atoms with E-state index in [4.69, 9.17) is 37.0 Å². The molecule has 19 heteroatoms. The van der Waals surface area contributed by atoms with Gasteiger partial charge in [0.2, 0.25) is 0 Å². The van der Waals surface area contributed by atoms with E-state index in [0.29, 0.717) is 25.7 Å². The summed E-state index contributed by atoms with van der Waals surface area (Å²) >= 11 is 0. The standard InChI is InChI=1S/C86H168O17P2/c1-5-9-13-17-21-25-29-32-34-36-38-40-42-44-46-48-50-53-57-61-65-69-73-86(91)103-82(77-97-84(89)71-67-63-59-55-52-49-47-45-43-41-39-37-35-33-30-26-22-18-14-10-6-2)79-101-105(94,95)99-75-80(87)74-98-104(92,93)100-78-81(76-96-83(88)70-66-62-58-54-28-24-20-16-12-8-4)102-85(90)72-68-64-60-56-51-31-27-23-19-15-11-7-3/h80-82,87H,5-79H2,1-4H3,(H,92,93)(H,94,95)/t80-,81+,82+/m0/s1. The lowest BCUT2D eigenvalue weighted by Gasteiger charge is -2.21. The molecule has 0 aromatic heterocycles. The van der Waals surface area contributed by atoms with Gasteiger partial charge in [-0.15, -0.1) is 0 Å². The molecule has 0 aromatic carbocycles. The molecule has 0 aromatic rings. The largest absolute Gasteiger partial charge is 0.472 e. The highest BCUT2D eigenvalue weighted by Crippen LogP contribution is 2.45. The molecule has 105 heavy (non-hydrogen) atoms. The molecule has 0 aliphatic heterocycles. The van der Waals surface area contributed by atoms with Crippen LogP contribution < -0.4 is 0 Å². The van der Waals surface area contributed by atoms with Gasteiger partial charge in [0.1, 0.15) is 19.3 Å². The molecule has 0 aliphatic carbocycles. The van der Waals surface area contributed by atoms with E-state index in [0.717, 1.165) is 89.9 Å². The van der Waals surface area contributed by atoms with E-state index in [1.165, 1.54) is 302 Å². The summed E-state index contributed by atoms with van der Waals surface area (Å²) in [5.41, 5.74) is 0. The lowest BCUT2D eigenvalue weighted by molar-refractivity contribution is -0.161. The van der Waals surface area contributed by atoms with Gasteiger partial charge in [-0.2, -0.15) is 0 Å². The van der Waals surface area contributed by atoms with Crippen molar-refractivity contribution < 1.29 is 80.2 Å². The molecule has 0 amide bonds. The molecule has 0 spiro atoms. The van der Waals surface area contributed by atoms with Gasteiger partial charge in [-0.25, -0.2) is 9.13 Å². The third-order valence-electron chi connectivity index (χ3n) is 20.4.